The van der Waals surface area contributed by atoms with Crippen LogP contribution in [0.4, 0.5) is 0 Å². The molecule has 0 heterocycles. The van der Waals surface area contributed by atoms with Crippen molar-refractivity contribution < 1.29 is 9.46 Å². The van der Waals surface area contributed by atoms with Crippen LogP contribution in [0.15, 0.2) is 12.7 Å². The van der Waals surface area contributed by atoms with Crippen LogP contribution in [0, 0.1) is 12.3 Å². The highest BCUT2D eigenvalue weighted by Gasteiger charge is 2.14. The van der Waals surface area contributed by atoms with Crippen LogP contribution in [-0.2, 0) is 4.57 Å². The third-order valence-electron chi connectivity index (χ3n) is 1.25. The van der Waals surface area contributed by atoms with Gasteiger partial charge in [-0.25, -0.2) is 0 Å². The molecule has 0 spiro atoms. The fraction of sp³-hybridized carbons (Fsp3) is 0.500. The summed E-state index contributed by atoms with van der Waals surface area (Å²) in [7, 11) is -3.01. The summed E-state index contributed by atoms with van der Waals surface area (Å²) in [6.45, 7) is 3.51. The van der Waals surface area contributed by atoms with E-state index in [1.54, 1.807) is 6.08 Å². The van der Waals surface area contributed by atoms with Crippen molar-refractivity contribution >= 4 is 7.37 Å². The van der Waals surface area contributed by atoms with Crippen LogP contribution >= 0.6 is 7.37 Å². The largest absolute Gasteiger partial charge is 0.344 e. The van der Waals surface area contributed by atoms with E-state index in [-0.39, 0.29) is 6.16 Å². The summed E-state index contributed by atoms with van der Waals surface area (Å²) in [4.78, 5) is 9.12. The molecule has 0 aromatic heterocycles. The molecule has 0 saturated heterocycles. The molecule has 1 N–H and O–H groups in total. The van der Waals surface area contributed by atoms with Gasteiger partial charge in [-0.05, 0) is 12.8 Å². The van der Waals surface area contributed by atoms with E-state index in [0.29, 0.717) is 12.6 Å². The van der Waals surface area contributed by atoms with E-state index in [1.807, 2.05) is 0 Å². The highest BCUT2D eigenvalue weighted by Crippen LogP contribution is 2.40. The van der Waals surface area contributed by atoms with Crippen LogP contribution in [-0.4, -0.2) is 17.2 Å². The number of allylic oxidation sites excluding steroid dienone is 1. The summed E-state index contributed by atoms with van der Waals surface area (Å²) in [5.41, 5.74) is 0. The highest BCUT2D eigenvalue weighted by atomic mass is 31.2. The predicted molar refractivity (Wildman–Crippen MR) is 47.8 cm³/mol. The fourth-order valence-corrected chi connectivity index (χ4v) is 1.82. The van der Waals surface area contributed by atoms with Crippen LogP contribution in [0.2, 0.25) is 0 Å². The molecule has 1 unspecified atom stereocenters. The first-order chi connectivity index (χ1) is 5.12. The second-order valence-corrected chi connectivity index (χ2v) is 4.82. The zero-order chi connectivity index (χ0) is 8.74. The Morgan fingerprint density at radius 2 is 2.36 bits per heavy atom. The van der Waals surface area contributed by atoms with Crippen molar-refractivity contribution in [1.82, 2.24) is 0 Å². The third kappa shape index (κ3) is 5.91. The average Bonchev–Trinajstić information content (AvgIpc) is 1.87. The second kappa shape index (κ2) is 5.18. The Morgan fingerprint density at radius 3 is 2.82 bits per heavy atom. The van der Waals surface area contributed by atoms with Gasteiger partial charge in [0.1, 0.15) is 0 Å². The second-order valence-electron chi connectivity index (χ2n) is 2.36. The molecule has 0 fully saturated rings. The molecule has 0 aliphatic heterocycles. The summed E-state index contributed by atoms with van der Waals surface area (Å²) in [5, 5.41) is 0. The van der Waals surface area contributed by atoms with E-state index in [9.17, 15) is 4.57 Å². The molecule has 2 nitrogen and oxygen atoms in total. The maximum atomic E-state index is 11.1. The van der Waals surface area contributed by atoms with Crippen molar-refractivity contribution in [3.63, 3.8) is 0 Å². The zero-order valence-corrected chi connectivity index (χ0v) is 7.39. The molecule has 0 aromatic rings. The molecule has 11 heavy (non-hydrogen) atoms. The lowest BCUT2D eigenvalue weighted by Crippen LogP contribution is -1.91. The van der Waals surface area contributed by atoms with Crippen LogP contribution in [0.1, 0.15) is 12.8 Å². The molecular formula is C8H13O2P. The smallest absolute Gasteiger partial charge is 0.212 e. The maximum absolute atomic E-state index is 11.1. The van der Waals surface area contributed by atoms with Crippen molar-refractivity contribution in [2.75, 3.05) is 12.3 Å². The Kier molecular flexibility index (Phi) is 4.94. The number of rotatable bonds is 5. The van der Waals surface area contributed by atoms with E-state index in [4.69, 9.17) is 11.3 Å². The van der Waals surface area contributed by atoms with Crippen LogP contribution < -0.4 is 0 Å². The zero-order valence-electron chi connectivity index (χ0n) is 6.49. The Bertz CT molecular complexity index is 203. The molecule has 0 aliphatic rings. The molecular weight excluding hydrogens is 159 g/mol. The first-order valence-corrected chi connectivity index (χ1v) is 5.50. The standard InChI is InChI=1S/C8H13O2P/c1-3-5-6-8-11(9,10)7-4-2/h2-3H,1,5-8H2,(H,9,10). The van der Waals surface area contributed by atoms with Crippen LogP contribution in [0.3, 0.4) is 0 Å². The number of hydrogen-bond donors (Lipinski definition) is 1. The predicted octanol–water partition coefficient (Wildman–Crippen LogP) is 1.86. The first kappa shape index (κ1) is 10.5. The molecule has 0 aliphatic carbocycles. The van der Waals surface area contributed by atoms with Gasteiger partial charge in [-0.1, -0.05) is 12.0 Å². The van der Waals surface area contributed by atoms with Crippen molar-refractivity contribution in [1.29, 1.82) is 0 Å². The van der Waals surface area contributed by atoms with Gasteiger partial charge in [-0.3, -0.25) is 4.57 Å². The minimum absolute atomic E-state index is 0.00978. The fourth-order valence-electron chi connectivity index (χ4n) is 0.704. The van der Waals surface area contributed by atoms with Crippen molar-refractivity contribution in [3.8, 4) is 12.3 Å². The van der Waals surface area contributed by atoms with E-state index in [0.717, 1.165) is 6.42 Å². The Morgan fingerprint density at radius 1 is 1.73 bits per heavy atom. The summed E-state index contributed by atoms with van der Waals surface area (Å²) >= 11 is 0. The molecule has 3 heteroatoms. The summed E-state index contributed by atoms with van der Waals surface area (Å²) in [6.07, 6.45) is 8.41. The van der Waals surface area contributed by atoms with Gasteiger partial charge in [-0.15, -0.1) is 13.0 Å². The Balaban J connectivity index is 3.66. The quantitative estimate of drug-likeness (QED) is 0.297. The summed E-state index contributed by atoms with van der Waals surface area (Å²) < 4.78 is 11.1. The first-order valence-electron chi connectivity index (χ1n) is 3.47. The number of unbranched alkanes of at least 4 members (excludes halogenated alkanes) is 1. The normalized spacial score (nSPS) is 14.9. The number of hydrogen-bond acceptors (Lipinski definition) is 1. The maximum Gasteiger partial charge on any atom is 0.212 e. The van der Waals surface area contributed by atoms with Crippen molar-refractivity contribution in [2.24, 2.45) is 0 Å². The van der Waals surface area contributed by atoms with Crippen LogP contribution in [0.5, 0.6) is 0 Å². The van der Waals surface area contributed by atoms with E-state index >= 15 is 0 Å². The Hall–Kier alpha value is -0.510. The van der Waals surface area contributed by atoms with E-state index in [2.05, 4.69) is 12.5 Å². The molecule has 1 atom stereocenters. The average molecular weight is 172 g/mol. The molecule has 0 amide bonds. The van der Waals surface area contributed by atoms with Crippen LogP contribution in [0.25, 0.3) is 0 Å². The van der Waals surface area contributed by atoms with Crippen molar-refractivity contribution in [2.45, 2.75) is 12.8 Å². The topological polar surface area (TPSA) is 37.3 Å². The van der Waals surface area contributed by atoms with Gasteiger partial charge in [0.25, 0.3) is 0 Å². The number of terminal acetylenes is 1. The highest BCUT2D eigenvalue weighted by molar-refractivity contribution is 7.58. The van der Waals surface area contributed by atoms with Gasteiger partial charge < -0.3 is 4.89 Å². The minimum Gasteiger partial charge on any atom is -0.344 e. The van der Waals surface area contributed by atoms with E-state index in [1.165, 1.54) is 0 Å². The molecule has 0 aromatic carbocycles. The van der Waals surface area contributed by atoms with Gasteiger partial charge in [0.15, 0.2) is 0 Å². The van der Waals surface area contributed by atoms with Gasteiger partial charge in [0, 0.05) is 6.16 Å². The molecule has 62 valence electrons. The molecule has 0 saturated carbocycles. The van der Waals surface area contributed by atoms with E-state index < -0.39 is 7.37 Å². The molecule has 0 bridgehead atoms. The molecule has 0 radical (unpaired) electrons. The Labute approximate surface area is 67.8 Å². The monoisotopic (exact) mass is 172 g/mol. The van der Waals surface area contributed by atoms with Crippen molar-refractivity contribution in [3.05, 3.63) is 12.7 Å². The van der Waals surface area contributed by atoms with Gasteiger partial charge in [0.2, 0.25) is 7.37 Å². The SMILES string of the molecule is C#CCP(=O)(O)CCCC=C. The summed E-state index contributed by atoms with van der Waals surface area (Å²) in [6, 6.07) is 0. The summed E-state index contributed by atoms with van der Waals surface area (Å²) in [5.74, 6) is 2.20. The third-order valence-corrected chi connectivity index (χ3v) is 2.95. The van der Waals surface area contributed by atoms with Gasteiger partial charge >= 0.3 is 0 Å². The minimum atomic E-state index is -3.01. The lowest BCUT2D eigenvalue weighted by atomic mass is 10.3. The van der Waals surface area contributed by atoms with Gasteiger partial charge in [-0.2, -0.15) is 0 Å². The van der Waals surface area contributed by atoms with Gasteiger partial charge in [0.05, 0.1) is 6.16 Å². The molecule has 0 rings (SSSR count). The lowest BCUT2D eigenvalue weighted by molar-refractivity contribution is 0.480. The lowest BCUT2D eigenvalue weighted by Gasteiger charge is -2.05.